The summed E-state index contributed by atoms with van der Waals surface area (Å²) in [6.07, 6.45) is 1.65. The second-order valence-electron chi connectivity index (χ2n) is 4.93. The Balaban J connectivity index is 1.82. The van der Waals surface area contributed by atoms with E-state index in [0.717, 1.165) is 17.0 Å². The van der Waals surface area contributed by atoms with Crippen LogP contribution in [-0.2, 0) is 0 Å². The average molecular weight is 310 g/mol. The highest BCUT2D eigenvalue weighted by atomic mass is 16.5. The van der Waals surface area contributed by atoms with Crippen molar-refractivity contribution in [2.24, 2.45) is 0 Å². The van der Waals surface area contributed by atoms with Crippen molar-refractivity contribution in [3.63, 3.8) is 0 Å². The van der Waals surface area contributed by atoms with E-state index in [1.54, 1.807) is 12.3 Å². The van der Waals surface area contributed by atoms with Crippen molar-refractivity contribution in [1.29, 1.82) is 0 Å². The van der Waals surface area contributed by atoms with Crippen LogP contribution in [0.25, 0.3) is 11.3 Å². The monoisotopic (exact) mass is 310 g/mol. The molecule has 2 aromatic heterocycles. The molecule has 3 aromatic rings. The Morgan fingerprint density at radius 3 is 2.61 bits per heavy atom. The first kappa shape index (κ1) is 14.8. The Kier molecular flexibility index (Phi) is 4.05. The van der Waals surface area contributed by atoms with E-state index in [9.17, 15) is 0 Å². The summed E-state index contributed by atoms with van der Waals surface area (Å²) in [4.78, 5) is 4.33. The normalized spacial score (nSPS) is 10.5. The number of hydrogen-bond acceptors (Lipinski definition) is 6. The van der Waals surface area contributed by atoms with Gasteiger partial charge in [0.1, 0.15) is 17.3 Å². The second-order valence-corrected chi connectivity index (χ2v) is 4.93. The maximum atomic E-state index is 5.90. The number of rotatable bonds is 5. The van der Waals surface area contributed by atoms with Crippen LogP contribution in [0.3, 0.4) is 0 Å². The van der Waals surface area contributed by atoms with E-state index in [1.165, 1.54) is 0 Å². The molecule has 0 fully saturated rings. The summed E-state index contributed by atoms with van der Waals surface area (Å²) in [5.41, 5.74) is 14.4. The van der Waals surface area contributed by atoms with E-state index in [2.05, 4.69) is 10.3 Å². The minimum absolute atomic E-state index is 0.335. The topological polar surface area (TPSA) is 99.3 Å². The van der Waals surface area contributed by atoms with Gasteiger partial charge in [-0.15, -0.1) is 0 Å². The Bertz CT molecular complexity index is 783. The Morgan fingerprint density at radius 2 is 1.96 bits per heavy atom. The highest BCUT2D eigenvalue weighted by Crippen LogP contribution is 2.30. The van der Waals surface area contributed by atoms with Crippen LogP contribution in [0, 0.1) is 0 Å². The number of pyridine rings is 1. The van der Waals surface area contributed by atoms with E-state index in [1.807, 2.05) is 43.3 Å². The van der Waals surface area contributed by atoms with Gasteiger partial charge >= 0.3 is 0 Å². The van der Waals surface area contributed by atoms with Gasteiger partial charge in [0.2, 0.25) is 5.88 Å². The first-order valence-electron chi connectivity index (χ1n) is 7.27. The molecule has 0 saturated heterocycles. The maximum Gasteiger partial charge on any atom is 0.241 e. The molecule has 0 aliphatic carbocycles. The molecular weight excluding hydrogens is 292 g/mol. The summed E-state index contributed by atoms with van der Waals surface area (Å²) in [5, 5.41) is 3.19. The van der Waals surface area contributed by atoms with Crippen molar-refractivity contribution in [2.45, 2.75) is 6.92 Å². The molecule has 0 unspecified atom stereocenters. The number of nitrogen functional groups attached to an aromatic ring is 2. The molecule has 0 spiro atoms. The van der Waals surface area contributed by atoms with E-state index in [4.69, 9.17) is 20.6 Å². The third-order valence-electron chi connectivity index (χ3n) is 3.30. The molecule has 0 saturated carbocycles. The SMILES string of the molecule is CCOc1nc(Nc2ccc(-c3ccco3)cc2)cc(N)c1N. The fourth-order valence-electron chi connectivity index (χ4n) is 2.17. The van der Waals surface area contributed by atoms with Gasteiger partial charge in [-0.25, -0.2) is 0 Å². The van der Waals surface area contributed by atoms with Crippen molar-refractivity contribution in [3.05, 3.63) is 48.7 Å². The lowest BCUT2D eigenvalue weighted by molar-refractivity contribution is 0.329. The highest BCUT2D eigenvalue weighted by Gasteiger charge is 2.09. The third-order valence-corrected chi connectivity index (χ3v) is 3.30. The molecule has 6 heteroatoms. The highest BCUT2D eigenvalue weighted by molar-refractivity contribution is 5.74. The second kappa shape index (κ2) is 6.31. The zero-order chi connectivity index (χ0) is 16.2. The van der Waals surface area contributed by atoms with Crippen LogP contribution >= 0.6 is 0 Å². The molecule has 23 heavy (non-hydrogen) atoms. The summed E-state index contributed by atoms with van der Waals surface area (Å²) in [6.45, 7) is 2.34. The van der Waals surface area contributed by atoms with Crippen LogP contribution in [0.2, 0.25) is 0 Å². The van der Waals surface area contributed by atoms with Crippen LogP contribution in [0.1, 0.15) is 6.92 Å². The molecule has 0 atom stereocenters. The molecule has 3 rings (SSSR count). The predicted molar refractivity (Wildman–Crippen MR) is 91.7 cm³/mol. The molecule has 0 bridgehead atoms. The van der Waals surface area contributed by atoms with E-state index < -0.39 is 0 Å². The lowest BCUT2D eigenvalue weighted by Crippen LogP contribution is -2.05. The van der Waals surface area contributed by atoms with Gasteiger partial charge in [-0.05, 0) is 43.3 Å². The van der Waals surface area contributed by atoms with Crippen molar-refractivity contribution >= 4 is 22.9 Å². The van der Waals surface area contributed by atoms with Crippen LogP contribution < -0.4 is 21.5 Å². The molecule has 1 aromatic carbocycles. The lowest BCUT2D eigenvalue weighted by atomic mass is 10.1. The Hall–Kier alpha value is -3.15. The van der Waals surface area contributed by atoms with Crippen molar-refractivity contribution < 1.29 is 9.15 Å². The molecule has 6 nitrogen and oxygen atoms in total. The zero-order valence-corrected chi connectivity index (χ0v) is 12.7. The smallest absolute Gasteiger partial charge is 0.241 e. The van der Waals surface area contributed by atoms with Crippen LogP contribution in [-0.4, -0.2) is 11.6 Å². The Morgan fingerprint density at radius 1 is 1.17 bits per heavy atom. The van der Waals surface area contributed by atoms with Gasteiger partial charge in [-0.1, -0.05) is 0 Å². The average Bonchev–Trinajstić information content (AvgIpc) is 3.07. The van der Waals surface area contributed by atoms with Crippen molar-refractivity contribution in [1.82, 2.24) is 4.98 Å². The minimum atomic E-state index is 0.335. The summed E-state index contributed by atoms with van der Waals surface area (Å²) < 4.78 is 10.8. The summed E-state index contributed by atoms with van der Waals surface area (Å²) in [5.74, 6) is 1.73. The molecular formula is C17H18N4O2. The number of furan rings is 1. The number of nitrogens with two attached hydrogens (primary N) is 2. The van der Waals surface area contributed by atoms with E-state index in [-0.39, 0.29) is 0 Å². The first-order chi connectivity index (χ1) is 11.2. The zero-order valence-electron chi connectivity index (χ0n) is 12.7. The Labute approximate surface area is 134 Å². The number of benzene rings is 1. The number of hydrogen-bond donors (Lipinski definition) is 3. The van der Waals surface area contributed by atoms with Gasteiger partial charge in [0.05, 0.1) is 18.6 Å². The number of nitrogens with zero attached hydrogens (tertiary/aromatic N) is 1. The summed E-state index contributed by atoms with van der Waals surface area (Å²) in [6, 6.07) is 13.3. The summed E-state index contributed by atoms with van der Waals surface area (Å²) >= 11 is 0. The van der Waals surface area contributed by atoms with Gasteiger partial charge in [-0.3, -0.25) is 0 Å². The molecule has 0 aliphatic rings. The summed E-state index contributed by atoms with van der Waals surface area (Å²) in [7, 11) is 0. The van der Waals surface area contributed by atoms with Gasteiger partial charge in [0.15, 0.2) is 0 Å². The van der Waals surface area contributed by atoms with Crippen LogP contribution in [0.5, 0.6) is 5.88 Å². The van der Waals surface area contributed by atoms with Crippen LogP contribution in [0.4, 0.5) is 22.9 Å². The minimum Gasteiger partial charge on any atom is -0.476 e. The third kappa shape index (κ3) is 3.21. The number of ether oxygens (including phenoxy) is 1. The van der Waals surface area contributed by atoms with Gasteiger partial charge < -0.3 is 25.9 Å². The molecule has 5 N–H and O–H groups in total. The molecule has 0 aliphatic heterocycles. The number of aromatic nitrogens is 1. The largest absolute Gasteiger partial charge is 0.476 e. The number of nitrogens with one attached hydrogen (secondary N) is 1. The van der Waals surface area contributed by atoms with E-state index >= 15 is 0 Å². The van der Waals surface area contributed by atoms with Crippen molar-refractivity contribution in [3.8, 4) is 17.2 Å². The van der Waals surface area contributed by atoms with Gasteiger partial charge in [-0.2, -0.15) is 4.98 Å². The van der Waals surface area contributed by atoms with Gasteiger partial charge in [0, 0.05) is 17.3 Å². The number of anilines is 4. The fraction of sp³-hybridized carbons (Fsp3) is 0.118. The first-order valence-corrected chi connectivity index (χ1v) is 7.27. The standard InChI is InChI=1S/C17H18N4O2/c1-2-22-17-16(19)13(18)10-15(21-17)20-12-7-5-11(6-8-12)14-4-3-9-23-14/h3-10H,2,19H2,1H3,(H3,18,20,21). The van der Waals surface area contributed by atoms with Crippen LogP contribution in [0.15, 0.2) is 53.1 Å². The maximum absolute atomic E-state index is 5.90. The van der Waals surface area contributed by atoms with E-state index in [0.29, 0.717) is 29.7 Å². The molecule has 0 amide bonds. The van der Waals surface area contributed by atoms with Crippen molar-refractivity contribution in [2.75, 3.05) is 23.4 Å². The molecule has 2 heterocycles. The predicted octanol–water partition coefficient (Wildman–Crippen LogP) is 3.65. The fourth-order valence-corrected chi connectivity index (χ4v) is 2.17. The molecule has 118 valence electrons. The quantitative estimate of drug-likeness (QED) is 0.665. The molecule has 0 radical (unpaired) electrons. The lowest BCUT2D eigenvalue weighted by Gasteiger charge is -2.12. The van der Waals surface area contributed by atoms with Gasteiger partial charge in [0.25, 0.3) is 0 Å².